The molecule has 1 aromatic carbocycles. The van der Waals surface area contributed by atoms with Gasteiger partial charge in [-0.2, -0.15) is 0 Å². The summed E-state index contributed by atoms with van der Waals surface area (Å²) in [5.41, 5.74) is 0.0759. The maximum Gasteiger partial charge on any atom is 0.336 e. The van der Waals surface area contributed by atoms with Gasteiger partial charge < -0.3 is 15.0 Å². The van der Waals surface area contributed by atoms with E-state index in [0.717, 1.165) is 6.07 Å². The standard InChI is InChI=1S/C15H16N2O4/c1-2-16-13(18)7-8-17-12-6-4-3-5-10(12)11(15(20)21)9-14(17)19/h3-6,9H,2,7-8H2,1H3,(H,16,18)(H,20,21). The minimum Gasteiger partial charge on any atom is -0.478 e. The van der Waals surface area contributed by atoms with E-state index >= 15 is 0 Å². The van der Waals surface area contributed by atoms with Crippen LogP contribution in [0.2, 0.25) is 0 Å². The van der Waals surface area contributed by atoms with Gasteiger partial charge in [-0.1, -0.05) is 18.2 Å². The van der Waals surface area contributed by atoms with Crippen molar-refractivity contribution in [3.8, 4) is 0 Å². The van der Waals surface area contributed by atoms with Gasteiger partial charge in [0.25, 0.3) is 5.56 Å². The zero-order chi connectivity index (χ0) is 15.4. The zero-order valence-electron chi connectivity index (χ0n) is 11.6. The van der Waals surface area contributed by atoms with Crippen LogP contribution >= 0.6 is 0 Å². The number of hydrogen-bond acceptors (Lipinski definition) is 3. The van der Waals surface area contributed by atoms with E-state index in [-0.39, 0.29) is 24.4 Å². The topological polar surface area (TPSA) is 88.4 Å². The van der Waals surface area contributed by atoms with E-state index in [1.54, 1.807) is 24.3 Å². The summed E-state index contributed by atoms with van der Waals surface area (Å²) in [5, 5.41) is 12.3. The Kier molecular flexibility index (Phi) is 4.37. The molecule has 0 aliphatic rings. The first-order chi connectivity index (χ1) is 10.0. The molecule has 110 valence electrons. The molecule has 0 unspecified atom stereocenters. The fourth-order valence-corrected chi connectivity index (χ4v) is 2.24. The molecule has 1 heterocycles. The van der Waals surface area contributed by atoms with Crippen molar-refractivity contribution >= 4 is 22.8 Å². The van der Waals surface area contributed by atoms with Crippen molar-refractivity contribution in [1.29, 1.82) is 0 Å². The Labute approximate surface area is 121 Å². The van der Waals surface area contributed by atoms with E-state index in [9.17, 15) is 19.5 Å². The Balaban J connectivity index is 2.47. The van der Waals surface area contributed by atoms with Gasteiger partial charge in [0.15, 0.2) is 0 Å². The van der Waals surface area contributed by atoms with Gasteiger partial charge >= 0.3 is 5.97 Å². The van der Waals surface area contributed by atoms with Crippen LogP contribution in [0.1, 0.15) is 23.7 Å². The van der Waals surface area contributed by atoms with E-state index in [1.165, 1.54) is 4.57 Å². The molecule has 2 N–H and O–H groups in total. The number of aromatic carboxylic acids is 1. The van der Waals surface area contributed by atoms with Crippen LogP contribution < -0.4 is 10.9 Å². The molecule has 2 rings (SSSR count). The van der Waals surface area contributed by atoms with Crippen LogP contribution in [-0.2, 0) is 11.3 Å². The Hall–Kier alpha value is -2.63. The van der Waals surface area contributed by atoms with Gasteiger partial charge in [0.05, 0.1) is 11.1 Å². The van der Waals surface area contributed by atoms with E-state index in [4.69, 9.17) is 0 Å². The summed E-state index contributed by atoms with van der Waals surface area (Å²) in [4.78, 5) is 34.8. The first-order valence-electron chi connectivity index (χ1n) is 6.67. The lowest BCUT2D eigenvalue weighted by atomic mass is 10.1. The average molecular weight is 288 g/mol. The third kappa shape index (κ3) is 3.10. The van der Waals surface area contributed by atoms with Crippen LogP contribution in [0, 0.1) is 0 Å². The maximum atomic E-state index is 12.1. The van der Waals surface area contributed by atoms with Crippen LogP contribution in [0.4, 0.5) is 0 Å². The molecule has 6 heteroatoms. The van der Waals surface area contributed by atoms with Crippen molar-refractivity contribution in [3.05, 3.63) is 46.2 Å². The Morgan fingerprint density at radius 1 is 1.29 bits per heavy atom. The number of carbonyl (C=O) groups is 2. The Bertz CT molecular complexity index is 749. The van der Waals surface area contributed by atoms with Crippen LogP contribution in [0.5, 0.6) is 0 Å². The molecule has 0 radical (unpaired) electrons. The molecule has 0 bridgehead atoms. The fourth-order valence-electron chi connectivity index (χ4n) is 2.24. The number of carboxylic acids is 1. The number of aryl methyl sites for hydroxylation is 1. The lowest BCUT2D eigenvalue weighted by Gasteiger charge is -2.11. The molecule has 0 fully saturated rings. The third-order valence-electron chi connectivity index (χ3n) is 3.19. The molecule has 2 aromatic rings. The lowest BCUT2D eigenvalue weighted by Crippen LogP contribution is -2.27. The van der Waals surface area contributed by atoms with Crippen LogP contribution in [-0.4, -0.2) is 28.1 Å². The number of pyridine rings is 1. The molecule has 0 spiro atoms. The largest absolute Gasteiger partial charge is 0.478 e. The lowest BCUT2D eigenvalue weighted by molar-refractivity contribution is -0.121. The van der Waals surface area contributed by atoms with Crippen molar-refractivity contribution < 1.29 is 14.7 Å². The van der Waals surface area contributed by atoms with Gasteiger partial charge in [0, 0.05) is 31.0 Å². The van der Waals surface area contributed by atoms with Gasteiger partial charge in [0.1, 0.15) is 0 Å². The highest BCUT2D eigenvalue weighted by atomic mass is 16.4. The van der Waals surface area contributed by atoms with Crippen molar-refractivity contribution in [3.63, 3.8) is 0 Å². The second-order valence-corrected chi connectivity index (χ2v) is 4.57. The normalized spacial score (nSPS) is 10.5. The summed E-state index contributed by atoms with van der Waals surface area (Å²) >= 11 is 0. The number of nitrogens with one attached hydrogen (secondary N) is 1. The van der Waals surface area contributed by atoms with Gasteiger partial charge in [-0.15, -0.1) is 0 Å². The predicted octanol–water partition coefficient (Wildman–Crippen LogP) is 1.23. The van der Waals surface area contributed by atoms with Crippen LogP contribution in [0.25, 0.3) is 10.9 Å². The monoisotopic (exact) mass is 288 g/mol. The average Bonchev–Trinajstić information content (AvgIpc) is 2.45. The molecule has 1 amide bonds. The molecule has 0 saturated heterocycles. The molecular formula is C15H16N2O4. The van der Waals surface area contributed by atoms with E-state index in [2.05, 4.69) is 5.32 Å². The summed E-state index contributed by atoms with van der Waals surface area (Å²) in [6.45, 7) is 2.57. The quantitative estimate of drug-likeness (QED) is 0.866. The molecular weight excluding hydrogens is 272 g/mol. The number of aromatic nitrogens is 1. The number of benzene rings is 1. The second-order valence-electron chi connectivity index (χ2n) is 4.57. The predicted molar refractivity (Wildman–Crippen MR) is 78.5 cm³/mol. The highest BCUT2D eigenvalue weighted by Crippen LogP contribution is 2.17. The highest BCUT2D eigenvalue weighted by Gasteiger charge is 2.13. The zero-order valence-corrected chi connectivity index (χ0v) is 11.6. The number of nitrogens with zero attached hydrogens (tertiary/aromatic N) is 1. The number of rotatable bonds is 5. The minimum atomic E-state index is -1.14. The summed E-state index contributed by atoms with van der Waals surface area (Å²) < 4.78 is 1.43. The van der Waals surface area contributed by atoms with Gasteiger partial charge in [-0.3, -0.25) is 9.59 Å². The smallest absolute Gasteiger partial charge is 0.336 e. The van der Waals surface area contributed by atoms with Crippen molar-refractivity contribution in [2.75, 3.05) is 6.54 Å². The van der Waals surface area contributed by atoms with Crippen molar-refractivity contribution in [2.45, 2.75) is 19.9 Å². The second kappa shape index (κ2) is 6.21. The third-order valence-corrected chi connectivity index (χ3v) is 3.19. The molecule has 0 saturated carbocycles. The number of amides is 1. The molecule has 0 aliphatic carbocycles. The molecule has 0 aliphatic heterocycles. The van der Waals surface area contributed by atoms with Gasteiger partial charge in [0.2, 0.25) is 5.91 Å². The fraction of sp³-hybridized carbons (Fsp3) is 0.267. The Morgan fingerprint density at radius 2 is 2.00 bits per heavy atom. The van der Waals surface area contributed by atoms with Crippen molar-refractivity contribution in [2.24, 2.45) is 0 Å². The van der Waals surface area contributed by atoms with Gasteiger partial charge in [-0.05, 0) is 13.0 Å². The molecule has 0 atom stereocenters. The molecule has 6 nitrogen and oxygen atoms in total. The maximum absolute atomic E-state index is 12.1. The van der Waals surface area contributed by atoms with Crippen LogP contribution in [0.15, 0.2) is 35.1 Å². The summed E-state index contributed by atoms with van der Waals surface area (Å²) in [7, 11) is 0. The first-order valence-corrected chi connectivity index (χ1v) is 6.67. The van der Waals surface area contributed by atoms with Crippen molar-refractivity contribution in [1.82, 2.24) is 9.88 Å². The number of carbonyl (C=O) groups excluding carboxylic acids is 1. The summed E-state index contributed by atoms with van der Waals surface area (Å²) in [6.07, 6.45) is 0.171. The van der Waals surface area contributed by atoms with E-state index in [0.29, 0.717) is 17.4 Å². The number of fused-ring (bicyclic) bond motifs is 1. The minimum absolute atomic E-state index is 0.0233. The first kappa shape index (κ1) is 14.8. The number of hydrogen-bond donors (Lipinski definition) is 2. The van der Waals surface area contributed by atoms with E-state index in [1.807, 2.05) is 6.92 Å². The Morgan fingerprint density at radius 3 is 2.67 bits per heavy atom. The summed E-state index contributed by atoms with van der Waals surface area (Å²) in [6, 6.07) is 7.88. The van der Waals surface area contributed by atoms with Crippen LogP contribution in [0.3, 0.4) is 0 Å². The summed E-state index contributed by atoms with van der Waals surface area (Å²) in [5.74, 6) is -1.28. The number of para-hydroxylation sites is 1. The SMILES string of the molecule is CCNC(=O)CCn1c(=O)cc(C(=O)O)c2ccccc21. The molecule has 1 aromatic heterocycles. The molecule has 21 heavy (non-hydrogen) atoms. The number of carboxylic acid groups (broad SMARTS) is 1. The highest BCUT2D eigenvalue weighted by molar-refractivity contribution is 6.02. The van der Waals surface area contributed by atoms with Gasteiger partial charge in [-0.25, -0.2) is 4.79 Å². The van der Waals surface area contributed by atoms with E-state index < -0.39 is 11.5 Å².